The van der Waals surface area contributed by atoms with Gasteiger partial charge in [-0.2, -0.15) is 0 Å². The van der Waals surface area contributed by atoms with E-state index in [1.165, 1.54) is 17.5 Å². The predicted molar refractivity (Wildman–Crippen MR) is 74.1 cm³/mol. The Morgan fingerprint density at radius 3 is 2.26 bits per heavy atom. The summed E-state index contributed by atoms with van der Waals surface area (Å²) in [7, 11) is 1.51. The summed E-state index contributed by atoms with van der Waals surface area (Å²) >= 11 is 0. The molecule has 0 bridgehead atoms. The van der Waals surface area contributed by atoms with Gasteiger partial charge in [0.2, 0.25) is 5.91 Å². The molecule has 0 aliphatic rings. The van der Waals surface area contributed by atoms with Crippen LogP contribution in [0.25, 0.3) is 0 Å². The van der Waals surface area contributed by atoms with Gasteiger partial charge in [0.15, 0.2) is 0 Å². The molecule has 0 aromatic heterocycles. The van der Waals surface area contributed by atoms with Crippen LogP contribution in [0.5, 0.6) is 0 Å². The molecule has 4 nitrogen and oxygen atoms in total. The molecule has 0 atom stereocenters. The van der Waals surface area contributed by atoms with Gasteiger partial charge in [-0.3, -0.25) is 9.59 Å². The lowest BCUT2D eigenvalue weighted by atomic mass is 10.0. The van der Waals surface area contributed by atoms with E-state index in [9.17, 15) is 9.59 Å². The molecule has 1 aromatic carbocycles. The number of rotatable bonds is 6. The Morgan fingerprint density at radius 2 is 1.79 bits per heavy atom. The van der Waals surface area contributed by atoms with Crippen LogP contribution in [0.15, 0.2) is 24.3 Å². The van der Waals surface area contributed by atoms with Crippen LogP contribution in [0.1, 0.15) is 37.3 Å². The molecule has 104 valence electrons. The number of aliphatic carboxylic acids is 1. The molecule has 0 fully saturated rings. The smallest absolute Gasteiger partial charge is 0.323 e. The van der Waals surface area contributed by atoms with Gasteiger partial charge in [-0.25, -0.2) is 0 Å². The Morgan fingerprint density at radius 1 is 1.21 bits per heavy atom. The third-order valence-electron chi connectivity index (χ3n) is 3.07. The van der Waals surface area contributed by atoms with Crippen molar-refractivity contribution in [3.63, 3.8) is 0 Å². The third kappa shape index (κ3) is 5.12. The zero-order valence-electron chi connectivity index (χ0n) is 11.7. The van der Waals surface area contributed by atoms with E-state index in [0.717, 1.165) is 5.56 Å². The van der Waals surface area contributed by atoms with Crippen molar-refractivity contribution in [2.24, 2.45) is 0 Å². The molecule has 1 aromatic rings. The van der Waals surface area contributed by atoms with Crippen LogP contribution in [0.3, 0.4) is 0 Å². The fourth-order valence-corrected chi connectivity index (χ4v) is 1.80. The number of carbonyl (C=O) groups is 2. The Bertz CT molecular complexity index is 437. The highest BCUT2D eigenvalue weighted by Gasteiger charge is 2.11. The van der Waals surface area contributed by atoms with Crippen molar-refractivity contribution in [3.8, 4) is 0 Å². The summed E-state index contributed by atoms with van der Waals surface area (Å²) in [5.41, 5.74) is 2.37. The van der Waals surface area contributed by atoms with Gasteiger partial charge in [-0.1, -0.05) is 38.1 Å². The summed E-state index contributed by atoms with van der Waals surface area (Å²) in [6, 6.07) is 8.20. The number of carboxylic acid groups (broad SMARTS) is 1. The average Bonchev–Trinajstić information content (AvgIpc) is 2.35. The van der Waals surface area contributed by atoms with Crippen molar-refractivity contribution in [1.82, 2.24) is 4.90 Å². The van der Waals surface area contributed by atoms with Gasteiger partial charge in [0.1, 0.15) is 6.54 Å². The molecule has 0 unspecified atom stereocenters. The van der Waals surface area contributed by atoms with Crippen LogP contribution >= 0.6 is 0 Å². The molecule has 0 saturated heterocycles. The van der Waals surface area contributed by atoms with Crippen molar-refractivity contribution in [3.05, 3.63) is 35.4 Å². The number of carboxylic acids is 1. The zero-order chi connectivity index (χ0) is 14.4. The number of nitrogens with zero attached hydrogens (tertiary/aromatic N) is 1. The zero-order valence-corrected chi connectivity index (χ0v) is 11.7. The molecule has 1 rings (SSSR count). The first kappa shape index (κ1) is 15.2. The number of benzene rings is 1. The lowest BCUT2D eigenvalue weighted by Crippen LogP contribution is -2.32. The predicted octanol–water partition coefficient (Wildman–Crippen LogP) is 2.29. The van der Waals surface area contributed by atoms with Crippen LogP contribution in [0, 0.1) is 0 Å². The molecular formula is C15H21NO3. The van der Waals surface area contributed by atoms with Gasteiger partial charge in [-0.15, -0.1) is 0 Å². The average molecular weight is 263 g/mol. The molecule has 0 aliphatic carbocycles. The first-order valence-corrected chi connectivity index (χ1v) is 6.44. The summed E-state index contributed by atoms with van der Waals surface area (Å²) in [5.74, 6) is -0.634. The van der Waals surface area contributed by atoms with E-state index < -0.39 is 5.97 Å². The second kappa shape index (κ2) is 6.92. The van der Waals surface area contributed by atoms with Gasteiger partial charge in [0.05, 0.1) is 0 Å². The normalized spacial score (nSPS) is 10.5. The van der Waals surface area contributed by atoms with E-state index in [-0.39, 0.29) is 12.5 Å². The monoisotopic (exact) mass is 263 g/mol. The van der Waals surface area contributed by atoms with Crippen LogP contribution in [0.2, 0.25) is 0 Å². The lowest BCUT2D eigenvalue weighted by molar-refractivity contribution is -0.143. The van der Waals surface area contributed by atoms with E-state index in [0.29, 0.717) is 18.8 Å². The maximum Gasteiger partial charge on any atom is 0.323 e. The van der Waals surface area contributed by atoms with Crippen molar-refractivity contribution in [2.75, 3.05) is 13.6 Å². The van der Waals surface area contributed by atoms with Crippen molar-refractivity contribution >= 4 is 11.9 Å². The van der Waals surface area contributed by atoms with Gasteiger partial charge >= 0.3 is 5.97 Å². The molecule has 1 N–H and O–H groups in total. The van der Waals surface area contributed by atoms with Crippen molar-refractivity contribution in [2.45, 2.75) is 32.6 Å². The van der Waals surface area contributed by atoms with Crippen LogP contribution in [-0.4, -0.2) is 35.5 Å². The molecule has 19 heavy (non-hydrogen) atoms. The summed E-state index contributed by atoms with van der Waals surface area (Å²) in [6.07, 6.45) is 0.978. The first-order chi connectivity index (χ1) is 8.90. The standard InChI is InChI=1S/C15H21NO3/c1-11(2)13-7-4-12(5-8-13)6-9-14(17)16(3)10-15(18)19/h4-5,7-8,11H,6,9-10H2,1-3H3,(H,18,19). The molecule has 4 heteroatoms. The van der Waals surface area contributed by atoms with Gasteiger partial charge in [0, 0.05) is 13.5 Å². The van der Waals surface area contributed by atoms with Gasteiger partial charge in [-0.05, 0) is 23.5 Å². The molecule has 0 heterocycles. The number of hydrogen-bond acceptors (Lipinski definition) is 2. The molecule has 0 aliphatic heterocycles. The number of aryl methyl sites for hydroxylation is 1. The van der Waals surface area contributed by atoms with E-state index in [2.05, 4.69) is 26.0 Å². The number of hydrogen-bond donors (Lipinski definition) is 1. The summed E-state index contributed by atoms with van der Waals surface area (Å²) < 4.78 is 0. The highest BCUT2D eigenvalue weighted by Crippen LogP contribution is 2.15. The van der Waals surface area contributed by atoms with E-state index in [1.54, 1.807) is 0 Å². The highest BCUT2D eigenvalue weighted by molar-refractivity contribution is 5.81. The minimum atomic E-state index is -0.989. The Hall–Kier alpha value is -1.84. The van der Waals surface area contributed by atoms with Crippen molar-refractivity contribution < 1.29 is 14.7 Å². The van der Waals surface area contributed by atoms with Crippen LogP contribution < -0.4 is 0 Å². The third-order valence-corrected chi connectivity index (χ3v) is 3.07. The molecule has 0 saturated carbocycles. The highest BCUT2D eigenvalue weighted by atomic mass is 16.4. The molecular weight excluding hydrogens is 242 g/mol. The van der Waals surface area contributed by atoms with E-state index >= 15 is 0 Å². The van der Waals surface area contributed by atoms with E-state index in [1.807, 2.05) is 12.1 Å². The topological polar surface area (TPSA) is 57.6 Å². The minimum absolute atomic E-state index is 0.143. The quantitative estimate of drug-likeness (QED) is 0.856. The Kier molecular flexibility index (Phi) is 5.55. The summed E-state index contributed by atoms with van der Waals surface area (Å²) in [5, 5.41) is 8.61. The van der Waals surface area contributed by atoms with Crippen LogP contribution in [0.4, 0.5) is 0 Å². The summed E-state index contributed by atoms with van der Waals surface area (Å²) in [6.45, 7) is 4.03. The maximum atomic E-state index is 11.7. The van der Waals surface area contributed by atoms with Gasteiger partial charge in [0.25, 0.3) is 0 Å². The molecule has 0 spiro atoms. The molecule has 1 amide bonds. The second-order valence-electron chi connectivity index (χ2n) is 5.04. The lowest BCUT2D eigenvalue weighted by Gasteiger charge is -2.14. The fraction of sp³-hybridized carbons (Fsp3) is 0.467. The first-order valence-electron chi connectivity index (χ1n) is 6.44. The minimum Gasteiger partial charge on any atom is -0.480 e. The number of amides is 1. The molecule has 0 radical (unpaired) electrons. The Labute approximate surface area is 114 Å². The summed E-state index contributed by atoms with van der Waals surface area (Å²) in [4.78, 5) is 23.4. The largest absolute Gasteiger partial charge is 0.480 e. The van der Waals surface area contributed by atoms with Crippen molar-refractivity contribution in [1.29, 1.82) is 0 Å². The maximum absolute atomic E-state index is 11.7. The number of carbonyl (C=O) groups excluding carboxylic acids is 1. The second-order valence-corrected chi connectivity index (χ2v) is 5.04. The van der Waals surface area contributed by atoms with Crippen LogP contribution in [-0.2, 0) is 16.0 Å². The fourth-order valence-electron chi connectivity index (χ4n) is 1.80. The SMILES string of the molecule is CC(C)c1ccc(CCC(=O)N(C)CC(=O)O)cc1. The van der Waals surface area contributed by atoms with E-state index in [4.69, 9.17) is 5.11 Å². The van der Waals surface area contributed by atoms with Gasteiger partial charge < -0.3 is 10.0 Å². The number of likely N-dealkylation sites (N-methyl/N-ethyl adjacent to an activating group) is 1. The Balaban J connectivity index is 2.48.